The van der Waals surface area contributed by atoms with Gasteiger partial charge in [0.1, 0.15) is 0 Å². The molecule has 2 atom stereocenters. The first kappa shape index (κ1) is 12.1. The Morgan fingerprint density at radius 3 is 2.76 bits per heavy atom. The molecule has 2 N–H and O–H groups in total. The van der Waals surface area contributed by atoms with Crippen LogP contribution >= 0.6 is 0 Å². The minimum Gasteiger partial charge on any atom is -0.469 e. The molecule has 1 aliphatic carbocycles. The maximum Gasteiger partial charge on any atom is 0.308 e. The van der Waals surface area contributed by atoms with Gasteiger partial charge in [0.15, 0.2) is 0 Å². The van der Waals surface area contributed by atoms with E-state index in [1.54, 1.807) is 0 Å². The summed E-state index contributed by atoms with van der Waals surface area (Å²) in [6, 6.07) is 10.0. The average Bonchev–Trinajstić information content (AvgIpc) is 2.39. The van der Waals surface area contributed by atoms with Crippen molar-refractivity contribution in [3.8, 4) is 0 Å². The number of carbonyl (C=O) groups excluding carboxylic acids is 1. The van der Waals surface area contributed by atoms with Crippen molar-refractivity contribution in [1.29, 1.82) is 0 Å². The molecule has 2 rings (SSSR count). The van der Waals surface area contributed by atoms with Gasteiger partial charge >= 0.3 is 5.97 Å². The van der Waals surface area contributed by atoms with E-state index < -0.39 is 0 Å². The van der Waals surface area contributed by atoms with Crippen LogP contribution in [-0.4, -0.2) is 13.1 Å². The third kappa shape index (κ3) is 2.50. The van der Waals surface area contributed by atoms with Crippen LogP contribution in [0, 0.1) is 5.92 Å². The zero-order chi connectivity index (χ0) is 12.3. The molecule has 0 aromatic heterocycles. The number of hydrogen-bond donors (Lipinski definition) is 1. The zero-order valence-electron chi connectivity index (χ0n) is 10.2. The molecule has 0 aliphatic heterocycles. The van der Waals surface area contributed by atoms with Crippen LogP contribution in [0.5, 0.6) is 0 Å². The highest BCUT2D eigenvalue weighted by molar-refractivity contribution is 5.72. The molecule has 92 valence electrons. The van der Waals surface area contributed by atoms with Crippen molar-refractivity contribution in [2.75, 3.05) is 7.11 Å². The number of carbonyl (C=O) groups is 1. The first-order valence-electron chi connectivity index (χ1n) is 6.08. The van der Waals surface area contributed by atoms with E-state index in [0.717, 1.165) is 24.8 Å². The summed E-state index contributed by atoms with van der Waals surface area (Å²) in [6.07, 6.45) is 3.48. The van der Waals surface area contributed by atoms with Crippen molar-refractivity contribution in [1.82, 2.24) is 0 Å². The predicted octanol–water partition coefficient (Wildman–Crippen LogP) is 2.20. The van der Waals surface area contributed by atoms with Gasteiger partial charge in [0, 0.05) is 5.54 Å². The molecule has 0 bridgehead atoms. The second-order valence-electron chi connectivity index (χ2n) is 4.84. The van der Waals surface area contributed by atoms with Crippen LogP contribution in [0.3, 0.4) is 0 Å². The Balaban J connectivity index is 2.18. The first-order valence-corrected chi connectivity index (χ1v) is 6.08. The van der Waals surface area contributed by atoms with Gasteiger partial charge in [-0.15, -0.1) is 0 Å². The lowest BCUT2D eigenvalue weighted by Crippen LogP contribution is -2.43. The standard InChI is InChI=1S/C14H19NO2/c1-17-13(16)11-6-5-9-14(15,10-11)12-7-3-2-4-8-12/h2-4,7-8,11H,5-6,9-10,15H2,1H3. The van der Waals surface area contributed by atoms with Crippen molar-refractivity contribution in [2.45, 2.75) is 31.2 Å². The van der Waals surface area contributed by atoms with E-state index in [9.17, 15) is 4.79 Å². The molecule has 1 fully saturated rings. The lowest BCUT2D eigenvalue weighted by molar-refractivity contribution is -0.147. The van der Waals surface area contributed by atoms with Crippen molar-refractivity contribution in [3.05, 3.63) is 35.9 Å². The SMILES string of the molecule is COC(=O)C1CCCC(N)(c2ccccc2)C1. The number of esters is 1. The van der Waals surface area contributed by atoms with Gasteiger partial charge in [-0.2, -0.15) is 0 Å². The van der Waals surface area contributed by atoms with Crippen LogP contribution in [-0.2, 0) is 15.1 Å². The fourth-order valence-electron chi connectivity index (χ4n) is 2.71. The Bertz CT molecular complexity index is 390. The van der Waals surface area contributed by atoms with Crippen LogP contribution in [0.1, 0.15) is 31.2 Å². The average molecular weight is 233 g/mol. The van der Waals surface area contributed by atoms with Crippen LogP contribution in [0.25, 0.3) is 0 Å². The van der Waals surface area contributed by atoms with Crippen LogP contribution < -0.4 is 5.73 Å². The summed E-state index contributed by atoms with van der Waals surface area (Å²) < 4.78 is 4.82. The molecule has 1 aromatic carbocycles. The van der Waals surface area contributed by atoms with Gasteiger partial charge < -0.3 is 10.5 Å². The van der Waals surface area contributed by atoms with Gasteiger partial charge in [-0.25, -0.2) is 0 Å². The largest absolute Gasteiger partial charge is 0.469 e. The Morgan fingerprint density at radius 1 is 1.41 bits per heavy atom. The lowest BCUT2D eigenvalue weighted by atomic mass is 9.72. The van der Waals surface area contributed by atoms with E-state index in [4.69, 9.17) is 10.5 Å². The topological polar surface area (TPSA) is 52.3 Å². The van der Waals surface area contributed by atoms with Crippen LogP contribution in [0.2, 0.25) is 0 Å². The summed E-state index contributed by atoms with van der Waals surface area (Å²) in [7, 11) is 1.44. The number of rotatable bonds is 2. The van der Waals surface area contributed by atoms with Gasteiger partial charge in [-0.1, -0.05) is 36.8 Å². The fourth-order valence-corrected chi connectivity index (χ4v) is 2.71. The maximum absolute atomic E-state index is 11.6. The van der Waals surface area contributed by atoms with E-state index in [1.807, 2.05) is 30.3 Å². The molecule has 0 saturated heterocycles. The monoisotopic (exact) mass is 233 g/mol. The summed E-state index contributed by atoms with van der Waals surface area (Å²) in [5.74, 6) is -0.186. The smallest absolute Gasteiger partial charge is 0.308 e. The molecule has 3 nitrogen and oxygen atoms in total. The van der Waals surface area contributed by atoms with E-state index in [-0.39, 0.29) is 17.4 Å². The minimum absolute atomic E-state index is 0.0565. The third-order valence-corrected chi connectivity index (χ3v) is 3.67. The number of hydrogen-bond acceptors (Lipinski definition) is 3. The molecule has 2 unspecified atom stereocenters. The van der Waals surface area contributed by atoms with Gasteiger partial charge in [0.2, 0.25) is 0 Å². The van der Waals surface area contributed by atoms with Gasteiger partial charge in [0.25, 0.3) is 0 Å². The van der Waals surface area contributed by atoms with Crippen molar-refractivity contribution < 1.29 is 9.53 Å². The molecule has 0 heterocycles. The summed E-state index contributed by atoms with van der Waals surface area (Å²) in [4.78, 5) is 11.6. The summed E-state index contributed by atoms with van der Waals surface area (Å²) in [5, 5.41) is 0. The molecular weight excluding hydrogens is 214 g/mol. The van der Waals surface area contributed by atoms with Crippen molar-refractivity contribution >= 4 is 5.97 Å². The number of benzene rings is 1. The normalized spacial score (nSPS) is 28.7. The highest BCUT2D eigenvalue weighted by atomic mass is 16.5. The van der Waals surface area contributed by atoms with Crippen molar-refractivity contribution in [2.24, 2.45) is 11.7 Å². The molecule has 1 aromatic rings. The Hall–Kier alpha value is -1.35. The summed E-state index contributed by atoms with van der Waals surface area (Å²) in [5.41, 5.74) is 7.20. The Morgan fingerprint density at radius 2 is 2.12 bits per heavy atom. The number of nitrogens with two attached hydrogens (primary N) is 1. The molecule has 0 radical (unpaired) electrons. The van der Waals surface area contributed by atoms with Crippen molar-refractivity contribution in [3.63, 3.8) is 0 Å². The van der Waals surface area contributed by atoms with Gasteiger partial charge in [-0.05, 0) is 24.8 Å². The third-order valence-electron chi connectivity index (χ3n) is 3.67. The Kier molecular flexibility index (Phi) is 3.48. The molecule has 1 aliphatic rings. The second kappa shape index (κ2) is 4.88. The molecule has 0 amide bonds. The molecule has 1 saturated carbocycles. The maximum atomic E-state index is 11.6. The highest BCUT2D eigenvalue weighted by Gasteiger charge is 2.37. The molecule has 0 spiro atoms. The van der Waals surface area contributed by atoms with Crippen LogP contribution in [0.15, 0.2) is 30.3 Å². The molecule has 3 heteroatoms. The minimum atomic E-state index is -0.377. The van der Waals surface area contributed by atoms with Gasteiger partial charge in [0.05, 0.1) is 13.0 Å². The quantitative estimate of drug-likeness (QED) is 0.797. The van der Waals surface area contributed by atoms with Crippen LogP contribution in [0.4, 0.5) is 0 Å². The summed E-state index contributed by atoms with van der Waals surface area (Å²) in [6.45, 7) is 0. The molecule has 17 heavy (non-hydrogen) atoms. The number of methoxy groups -OCH3 is 1. The fraction of sp³-hybridized carbons (Fsp3) is 0.500. The Labute approximate surface area is 102 Å². The molecular formula is C14H19NO2. The van der Waals surface area contributed by atoms with E-state index in [2.05, 4.69) is 0 Å². The summed E-state index contributed by atoms with van der Waals surface area (Å²) >= 11 is 0. The second-order valence-corrected chi connectivity index (χ2v) is 4.84. The predicted molar refractivity (Wildman–Crippen MR) is 66.3 cm³/mol. The highest BCUT2D eigenvalue weighted by Crippen LogP contribution is 2.38. The van der Waals surface area contributed by atoms with E-state index in [0.29, 0.717) is 6.42 Å². The van der Waals surface area contributed by atoms with E-state index >= 15 is 0 Å². The lowest BCUT2D eigenvalue weighted by Gasteiger charge is -2.37. The first-order chi connectivity index (χ1) is 8.15. The van der Waals surface area contributed by atoms with E-state index in [1.165, 1.54) is 7.11 Å². The number of ether oxygens (including phenoxy) is 1. The van der Waals surface area contributed by atoms with Gasteiger partial charge in [-0.3, -0.25) is 4.79 Å². The zero-order valence-corrected chi connectivity index (χ0v) is 10.2.